The molecule has 0 aliphatic heterocycles. The molecule has 98 valence electrons. The number of hydrogen-bond donors (Lipinski definition) is 0. The Hall–Kier alpha value is -1.61. The number of methoxy groups -OCH3 is 1. The molecule has 2 aromatic rings. The van der Waals surface area contributed by atoms with Crippen molar-refractivity contribution in [2.75, 3.05) is 7.11 Å². The molecule has 0 saturated carbocycles. The normalized spacial score (nSPS) is 10.3. The summed E-state index contributed by atoms with van der Waals surface area (Å²) in [7, 11) is 1.64. The smallest absolute Gasteiger partial charge is 0.124 e. The SMILES string of the molecule is C=C(c1cc(F)cc(Br)c1)c1ccc(OC)c(C)c1. The zero-order chi connectivity index (χ0) is 14.0. The van der Waals surface area contributed by atoms with Crippen molar-refractivity contribution in [2.45, 2.75) is 6.92 Å². The minimum atomic E-state index is -0.282. The maximum atomic E-state index is 13.4. The van der Waals surface area contributed by atoms with E-state index < -0.39 is 0 Å². The van der Waals surface area contributed by atoms with Crippen molar-refractivity contribution in [3.63, 3.8) is 0 Å². The molecule has 3 heteroatoms. The van der Waals surface area contributed by atoms with Gasteiger partial charge in [-0.3, -0.25) is 0 Å². The van der Waals surface area contributed by atoms with Gasteiger partial charge in [0.05, 0.1) is 7.11 Å². The number of hydrogen-bond acceptors (Lipinski definition) is 1. The molecule has 0 fully saturated rings. The summed E-state index contributed by atoms with van der Waals surface area (Å²) in [5.41, 5.74) is 3.52. The lowest BCUT2D eigenvalue weighted by Gasteiger charge is -2.10. The van der Waals surface area contributed by atoms with Crippen LogP contribution in [0.2, 0.25) is 0 Å². The molecule has 1 nitrogen and oxygen atoms in total. The van der Waals surface area contributed by atoms with Gasteiger partial charge in [0.15, 0.2) is 0 Å². The lowest BCUT2D eigenvalue weighted by Crippen LogP contribution is -1.92. The Morgan fingerprint density at radius 2 is 1.89 bits per heavy atom. The Balaban J connectivity index is 2.41. The van der Waals surface area contributed by atoms with Crippen LogP contribution < -0.4 is 4.74 Å². The standard InChI is InChI=1S/C16H14BrFO/c1-10-6-12(4-5-16(10)19-3)11(2)13-7-14(17)9-15(18)8-13/h4-9H,2H2,1,3H3. The van der Waals surface area contributed by atoms with E-state index in [0.717, 1.165) is 28.0 Å². The fourth-order valence-corrected chi connectivity index (χ4v) is 2.43. The monoisotopic (exact) mass is 320 g/mol. The van der Waals surface area contributed by atoms with Crippen LogP contribution in [-0.2, 0) is 0 Å². The van der Waals surface area contributed by atoms with Crippen LogP contribution in [-0.4, -0.2) is 7.11 Å². The highest BCUT2D eigenvalue weighted by atomic mass is 79.9. The third-order valence-corrected chi connectivity index (χ3v) is 3.41. The van der Waals surface area contributed by atoms with E-state index in [2.05, 4.69) is 22.5 Å². The molecule has 0 spiro atoms. The van der Waals surface area contributed by atoms with E-state index in [4.69, 9.17) is 4.74 Å². The maximum Gasteiger partial charge on any atom is 0.124 e. The highest BCUT2D eigenvalue weighted by Crippen LogP contribution is 2.28. The zero-order valence-electron chi connectivity index (χ0n) is 10.8. The molecular formula is C16H14BrFO. The van der Waals surface area contributed by atoms with Crippen LogP contribution in [0.5, 0.6) is 5.75 Å². The van der Waals surface area contributed by atoms with Crippen molar-refractivity contribution in [2.24, 2.45) is 0 Å². The average Bonchev–Trinajstić information content (AvgIpc) is 2.36. The number of rotatable bonds is 3. The fraction of sp³-hybridized carbons (Fsp3) is 0.125. The molecular weight excluding hydrogens is 307 g/mol. The van der Waals surface area contributed by atoms with E-state index in [9.17, 15) is 4.39 Å². The van der Waals surface area contributed by atoms with Gasteiger partial charge in [-0.1, -0.05) is 28.6 Å². The Kier molecular flexibility index (Phi) is 4.05. The lowest BCUT2D eigenvalue weighted by molar-refractivity contribution is 0.411. The van der Waals surface area contributed by atoms with Gasteiger partial charge in [0.25, 0.3) is 0 Å². The second-order valence-corrected chi connectivity index (χ2v) is 5.24. The molecule has 2 aromatic carbocycles. The van der Waals surface area contributed by atoms with Gasteiger partial charge in [-0.25, -0.2) is 4.39 Å². The number of benzene rings is 2. The van der Waals surface area contributed by atoms with Crippen LogP contribution in [0.1, 0.15) is 16.7 Å². The molecule has 0 heterocycles. The minimum Gasteiger partial charge on any atom is -0.496 e. The summed E-state index contributed by atoms with van der Waals surface area (Å²) < 4.78 is 19.3. The Morgan fingerprint density at radius 3 is 2.47 bits per heavy atom. The summed E-state index contributed by atoms with van der Waals surface area (Å²) in [6.45, 7) is 6.02. The van der Waals surface area contributed by atoms with Crippen molar-refractivity contribution in [3.8, 4) is 5.75 Å². The van der Waals surface area contributed by atoms with E-state index in [0.29, 0.717) is 4.47 Å². The summed E-state index contributed by atoms with van der Waals surface area (Å²) in [5, 5.41) is 0. The summed E-state index contributed by atoms with van der Waals surface area (Å²) in [5.74, 6) is 0.549. The number of halogens is 2. The van der Waals surface area contributed by atoms with Gasteiger partial charge in [-0.2, -0.15) is 0 Å². The van der Waals surface area contributed by atoms with Crippen LogP contribution in [0.3, 0.4) is 0 Å². The molecule has 0 amide bonds. The van der Waals surface area contributed by atoms with Crippen molar-refractivity contribution < 1.29 is 9.13 Å². The molecule has 0 saturated heterocycles. The molecule has 0 N–H and O–H groups in total. The summed E-state index contributed by atoms with van der Waals surface area (Å²) >= 11 is 3.29. The fourth-order valence-electron chi connectivity index (χ4n) is 1.96. The first-order valence-electron chi connectivity index (χ1n) is 5.81. The van der Waals surface area contributed by atoms with E-state index in [1.807, 2.05) is 31.2 Å². The van der Waals surface area contributed by atoms with Crippen molar-refractivity contribution in [3.05, 3.63) is 70.0 Å². The zero-order valence-corrected chi connectivity index (χ0v) is 12.4. The largest absolute Gasteiger partial charge is 0.496 e. The van der Waals surface area contributed by atoms with Crippen LogP contribution in [0.15, 0.2) is 47.4 Å². The molecule has 2 rings (SSSR count). The first-order valence-corrected chi connectivity index (χ1v) is 6.61. The highest BCUT2D eigenvalue weighted by Gasteiger charge is 2.07. The molecule has 0 unspecified atom stereocenters. The summed E-state index contributed by atoms with van der Waals surface area (Å²) in [4.78, 5) is 0. The summed E-state index contributed by atoms with van der Waals surface area (Å²) in [6, 6.07) is 10.6. The van der Waals surface area contributed by atoms with Gasteiger partial charge in [0, 0.05) is 4.47 Å². The maximum absolute atomic E-state index is 13.4. The van der Waals surface area contributed by atoms with Gasteiger partial charge in [-0.15, -0.1) is 0 Å². The Labute approximate surface area is 120 Å². The molecule has 0 aliphatic rings. The Bertz CT molecular complexity index is 614. The van der Waals surface area contributed by atoms with E-state index >= 15 is 0 Å². The van der Waals surface area contributed by atoms with Crippen molar-refractivity contribution in [1.29, 1.82) is 0 Å². The summed E-state index contributed by atoms with van der Waals surface area (Å²) in [6.07, 6.45) is 0. The van der Waals surface area contributed by atoms with Crippen molar-refractivity contribution >= 4 is 21.5 Å². The number of ether oxygens (including phenoxy) is 1. The van der Waals surface area contributed by atoms with Crippen LogP contribution in [0.25, 0.3) is 5.57 Å². The van der Waals surface area contributed by atoms with E-state index in [1.54, 1.807) is 7.11 Å². The van der Waals surface area contributed by atoms with E-state index in [-0.39, 0.29) is 5.82 Å². The van der Waals surface area contributed by atoms with E-state index in [1.165, 1.54) is 12.1 Å². The molecule has 19 heavy (non-hydrogen) atoms. The highest BCUT2D eigenvalue weighted by molar-refractivity contribution is 9.10. The van der Waals surface area contributed by atoms with Crippen LogP contribution >= 0.6 is 15.9 Å². The third kappa shape index (κ3) is 3.04. The number of aryl methyl sites for hydroxylation is 1. The predicted octanol–water partition coefficient (Wildman–Crippen LogP) is 4.97. The molecule has 0 radical (unpaired) electrons. The van der Waals surface area contributed by atoms with Gasteiger partial charge < -0.3 is 4.74 Å². The molecule has 0 aliphatic carbocycles. The second-order valence-electron chi connectivity index (χ2n) is 4.32. The van der Waals surface area contributed by atoms with Gasteiger partial charge in [0.2, 0.25) is 0 Å². The van der Waals surface area contributed by atoms with Gasteiger partial charge in [-0.05, 0) is 59.5 Å². The third-order valence-electron chi connectivity index (χ3n) is 2.95. The van der Waals surface area contributed by atoms with Crippen molar-refractivity contribution in [1.82, 2.24) is 0 Å². The topological polar surface area (TPSA) is 9.23 Å². The van der Waals surface area contributed by atoms with Gasteiger partial charge >= 0.3 is 0 Å². The molecule has 0 bridgehead atoms. The van der Waals surface area contributed by atoms with Gasteiger partial charge in [0.1, 0.15) is 11.6 Å². The molecule has 0 atom stereocenters. The molecule has 0 aromatic heterocycles. The predicted molar refractivity (Wildman–Crippen MR) is 80.0 cm³/mol. The minimum absolute atomic E-state index is 0.282. The van der Waals surface area contributed by atoms with Crippen LogP contribution in [0.4, 0.5) is 4.39 Å². The Morgan fingerprint density at radius 1 is 1.16 bits per heavy atom. The first kappa shape index (κ1) is 13.8. The average molecular weight is 321 g/mol. The van der Waals surface area contributed by atoms with Crippen LogP contribution in [0, 0.1) is 12.7 Å². The lowest BCUT2D eigenvalue weighted by atomic mass is 9.98. The first-order chi connectivity index (χ1) is 9.01. The second kappa shape index (κ2) is 5.57. The quantitative estimate of drug-likeness (QED) is 0.776.